The molecule has 0 aliphatic carbocycles. The number of nitrogens with one attached hydrogen (secondary N) is 2. The maximum Gasteiger partial charge on any atom is 0.0638 e. The number of H-pyrrole nitrogens is 1. The van der Waals surface area contributed by atoms with Crippen LogP contribution in [0.5, 0.6) is 0 Å². The molecule has 0 amide bonds. The number of aryl methyl sites for hydroxylation is 2. The Bertz CT molecular complexity index is 511. The van der Waals surface area contributed by atoms with Crippen molar-refractivity contribution >= 4 is 0 Å². The number of hydrogen-bond donors (Lipinski definition) is 2. The summed E-state index contributed by atoms with van der Waals surface area (Å²) >= 11 is 0. The third-order valence-corrected chi connectivity index (χ3v) is 3.56. The van der Waals surface area contributed by atoms with Gasteiger partial charge in [0.05, 0.1) is 5.69 Å². The van der Waals surface area contributed by atoms with Crippen molar-refractivity contribution in [3.05, 3.63) is 52.8 Å². The molecule has 1 aromatic heterocycles. The second kappa shape index (κ2) is 6.68. The fourth-order valence-electron chi connectivity index (χ4n) is 2.40. The average Bonchev–Trinajstić information content (AvgIpc) is 2.75. The lowest BCUT2D eigenvalue weighted by atomic mass is 10.1. The normalized spacial score (nSPS) is 12.8. The molecule has 2 N–H and O–H groups in total. The van der Waals surface area contributed by atoms with Crippen molar-refractivity contribution < 1.29 is 0 Å². The van der Waals surface area contributed by atoms with Crippen molar-refractivity contribution in [3.63, 3.8) is 0 Å². The highest BCUT2D eigenvalue weighted by molar-refractivity contribution is 5.24. The number of aromatic amines is 1. The lowest BCUT2D eigenvalue weighted by molar-refractivity contribution is 0.340. The van der Waals surface area contributed by atoms with E-state index in [1.165, 1.54) is 11.1 Å². The van der Waals surface area contributed by atoms with E-state index >= 15 is 0 Å². The van der Waals surface area contributed by atoms with Gasteiger partial charge in [-0.05, 0) is 33.5 Å². The fraction of sp³-hybridized carbons (Fsp3) is 0.438. The summed E-state index contributed by atoms with van der Waals surface area (Å²) in [5.41, 5.74) is 4.81. The molecule has 0 aliphatic rings. The van der Waals surface area contributed by atoms with E-state index in [0.717, 1.165) is 24.5 Å². The van der Waals surface area contributed by atoms with Gasteiger partial charge in [-0.15, -0.1) is 0 Å². The molecule has 1 unspecified atom stereocenters. The van der Waals surface area contributed by atoms with Crippen LogP contribution in [0.15, 0.2) is 30.3 Å². The molecule has 2 aromatic rings. The van der Waals surface area contributed by atoms with Crippen molar-refractivity contribution in [2.24, 2.45) is 0 Å². The molecular formula is C16H24N4. The second-order valence-electron chi connectivity index (χ2n) is 5.52. The van der Waals surface area contributed by atoms with Crippen molar-refractivity contribution in [2.75, 3.05) is 20.6 Å². The average molecular weight is 272 g/mol. The lowest BCUT2D eigenvalue weighted by Gasteiger charge is -2.23. The number of aromatic nitrogens is 2. The summed E-state index contributed by atoms with van der Waals surface area (Å²) in [6, 6.07) is 10.9. The smallest absolute Gasteiger partial charge is 0.0638 e. The van der Waals surface area contributed by atoms with Crippen molar-refractivity contribution in [1.29, 1.82) is 0 Å². The zero-order chi connectivity index (χ0) is 14.5. The van der Waals surface area contributed by atoms with Gasteiger partial charge in [0.25, 0.3) is 0 Å². The second-order valence-corrected chi connectivity index (χ2v) is 5.52. The van der Waals surface area contributed by atoms with Crippen molar-refractivity contribution in [3.8, 4) is 0 Å². The highest BCUT2D eigenvalue weighted by Crippen LogP contribution is 2.16. The Morgan fingerprint density at radius 1 is 1.20 bits per heavy atom. The monoisotopic (exact) mass is 272 g/mol. The fourth-order valence-corrected chi connectivity index (χ4v) is 2.40. The molecule has 1 aromatic carbocycles. The number of rotatable bonds is 6. The summed E-state index contributed by atoms with van der Waals surface area (Å²) in [6.07, 6.45) is 0. The van der Waals surface area contributed by atoms with E-state index in [1.54, 1.807) is 0 Å². The third-order valence-electron chi connectivity index (χ3n) is 3.56. The van der Waals surface area contributed by atoms with Gasteiger partial charge < -0.3 is 10.2 Å². The molecule has 0 radical (unpaired) electrons. The number of hydrogen-bond acceptors (Lipinski definition) is 3. The Hall–Kier alpha value is -1.65. The summed E-state index contributed by atoms with van der Waals surface area (Å²) in [5.74, 6) is 0. The molecule has 108 valence electrons. The van der Waals surface area contributed by atoms with Gasteiger partial charge in [0.15, 0.2) is 0 Å². The first-order valence-corrected chi connectivity index (χ1v) is 7.01. The van der Waals surface area contributed by atoms with Crippen LogP contribution in [-0.4, -0.2) is 35.7 Å². The first-order valence-electron chi connectivity index (χ1n) is 7.01. The van der Waals surface area contributed by atoms with E-state index in [4.69, 9.17) is 0 Å². The minimum absolute atomic E-state index is 0.319. The predicted octanol–water partition coefficient (Wildman–Crippen LogP) is 2.42. The zero-order valence-electron chi connectivity index (χ0n) is 12.8. The SMILES string of the molecule is Cc1n[nH]c(C)c1CNC(CN(C)C)c1ccccc1. The minimum Gasteiger partial charge on any atom is -0.308 e. The predicted molar refractivity (Wildman–Crippen MR) is 82.6 cm³/mol. The van der Waals surface area contributed by atoms with Crippen LogP contribution in [0.25, 0.3) is 0 Å². The van der Waals surface area contributed by atoms with Crippen LogP contribution in [0.3, 0.4) is 0 Å². The zero-order valence-corrected chi connectivity index (χ0v) is 12.8. The van der Waals surface area contributed by atoms with Crippen LogP contribution in [-0.2, 0) is 6.54 Å². The number of nitrogens with zero attached hydrogens (tertiary/aromatic N) is 2. The molecule has 4 nitrogen and oxygen atoms in total. The molecule has 1 atom stereocenters. The Morgan fingerprint density at radius 3 is 2.45 bits per heavy atom. The van der Waals surface area contributed by atoms with Gasteiger partial charge in [-0.1, -0.05) is 30.3 Å². The third kappa shape index (κ3) is 3.68. The number of likely N-dealkylation sites (N-methyl/N-ethyl adjacent to an activating group) is 1. The summed E-state index contributed by atoms with van der Waals surface area (Å²) in [4.78, 5) is 2.21. The first-order chi connectivity index (χ1) is 9.58. The van der Waals surface area contributed by atoms with Crippen LogP contribution in [0.2, 0.25) is 0 Å². The van der Waals surface area contributed by atoms with Gasteiger partial charge in [0.1, 0.15) is 0 Å². The molecule has 0 saturated carbocycles. The Labute approximate surface area is 121 Å². The quantitative estimate of drug-likeness (QED) is 0.849. The van der Waals surface area contributed by atoms with E-state index in [2.05, 4.69) is 71.8 Å². The molecule has 0 saturated heterocycles. The maximum absolute atomic E-state index is 4.25. The highest BCUT2D eigenvalue weighted by Gasteiger charge is 2.14. The molecular weight excluding hydrogens is 248 g/mol. The summed E-state index contributed by atoms with van der Waals surface area (Å²) in [5, 5.41) is 10.9. The molecule has 1 heterocycles. The van der Waals surface area contributed by atoms with Gasteiger partial charge in [-0.25, -0.2) is 0 Å². The molecule has 20 heavy (non-hydrogen) atoms. The molecule has 0 bridgehead atoms. The summed E-state index contributed by atoms with van der Waals surface area (Å²) in [7, 11) is 4.21. The lowest BCUT2D eigenvalue weighted by Crippen LogP contribution is -2.31. The van der Waals surface area contributed by atoms with Gasteiger partial charge in [0.2, 0.25) is 0 Å². The molecule has 0 fully saturated rings. The van der Waals surface area contributed by atoms with Crippen LogP contribution >= 0.6 is 0 Å². The summed E-state index contributed by atoms with van der Waals surface area (Å²) < 4.78 is 0. The summed E-state index contributed by atoms with van der Waals surface area (Å²) in [6.45, 7) is 5.92. The van der Waals surface area contributed by atoms with E-state index in [1.807, 2.05) is 6.92 Å². The Morgan fingerprint density at radius 2 is 1.90 bits per heavy atom. The topological polar surface area (TPSA) is 44.0 Å². The van der Waals surface area contributed by atoms with E-state index < -0.39 is 0 Å². The Balaban J connectivity index is 2.09. The first kappa shape index (κ1) is 14.8. The van der Waals surface area contributed by atoms with Gasteiger partial charge in [-0.3, -0.25) is 5.10 Å². The van der Waals surface area contributed by atoms with E-state index in [9.17, 15) is 0 Å². The standard InChI is InChI=1S/C16H24N4/c1-12-15(13(2)19-18-12)10-17-16(11-20(3)4)14-8-6-5-7-9-14/h5-9,16-17H,10-11H2,1-4H3,(H,18,19). The molecule has 4 heteroatoms. The maximum atomic E-state index is 4.25. The van der Waals surface area contributed by atoms with Crippen molar-refractivity contribution in [1.82, 2.24) is 20.4 Å². The minimum atomic E-state index is 0.319. The van der Waals surface area contributed by atoms with Crippen LogP contribution in [0, 0.1) is 13.8 Å². The van der Waals surface area contributed by atoms with Gasteiger partial charge in [-0.2, -0.15) is 5.10 Å². The molecule has 2 rings (SSSR count). The van der Waals surface area contributed by atoms with E-state index in [0.29, 0.717) is 6.04 Å². The number of benzene rings is 1. The van der Waals surface area contributed by atoms with Crippen molar-refractivity contribution in [2.45, 2.75) is 26.4 Å². The van der Waals surface area contributed by atoms with Gasteiger partial charge >= 0.3 is 0 Å². The Kier molecular flexibility index (Phi) is 4.93. The van der Waals surface area contributed by atoms with Crippen LogP contribution in [0.4, 0.5) is 0 Å². The van der Waals surface area contributed by atoms with Crippen LogP contribution < -0.4 is 5.32 Å². The van der Waals surface area contributed by atoms with Gasteiger partial charge in [0, 0.05) is 30.4 Å². The molecule has 0 spiro atoms. The van der Waals surface area contributed by atoms with E-state index in [-0.39, 0.29) is 0 Å². The van der Waals surface area contributed by atoms with Crippen LogP contribution in [0.1, 0.15) is 28.6 Å². The largest absolute Gasteiger partial charge is 0.308 e. The highest BCUT2D eigenvalue weighted by atomic mass is 15.1. The molecule has 0 aliphatic heterocycles.